The van der Waals surface area contributed by atoms with E-state index in [2.05, 4.69) is 33.2 Å². The lowest BCUT2D eigenvalue weighted by atomic mass is 9.93. The number of nitrogens with zero attached hydrogens (tertiary/aromatic N) is 3. The minimum absolute atomic E-state index is 0.249. The van der Waals surface area contributed by atoms with Gasteiger partial charge in [-0.25, -0.2) is 4.98 Å². The Balaban J connectivity index is 1.56. The highest BCUT2D eigenvalue weighted by Crippen LogP contribution is 2.29. The topological polar surface area (TPSA) is 59.8 Å². The van der Waals surface area contributed by atoms with E-state index in [1.807, 2.05) is 18.0 Å². The average Bonchev–Trinajstić information content (AvgIpc) is 3.06. The molecule has 2 aliphatic heterocycles. The molecule has 3 heterocycles. The number of likely N-dealkylation sites (tertiary alicyclic amines) is 1. The van der Waals surface area contributed by atoms with Gasteiger partial charge < -0.3 is 20.0 Å². The van der Waals surface area contributed by atoms with E-state index in [4.69, 9.17) is 0 Å². The van der Waals surface area contributed by atoms with Crippen LogP contribution in [0, 0.1) is 17.8 Å². The van der Waals surface area contributed by atoms with Gasteiger partial charge in [0.2, 0.25) is 0 Å². The molecule has 1 aromatic rings. The molecule has 0 unspecified atom stereocenters. The summed E-state index contributed by atoms with van der Waals surface area (Å²) in [6.45, 7) is 5.62. The van der Waals surface area contributed by atoms with Crippen molar-refractivity contribution in [1.82, 2.24) is 9.88 Å². The van der Waals surface area contributed by atoms with Gasteiger partial charge in [-0.15, -0.1) is 0 Å². The van der Waals surface area contributed by atoms with Crippen LogP contribution in [-0.4, -0.2) is 72.3 Å². The van der Waals surface area contributed by atoms with Gasteiger partial charge in [0.15, 0.2) is 0 Å². The Morgan fingerprint density at radius 2 is 1.88 bits per heavy atom. The number of hydrogen-bond acceptors (Lipinski definition) is 6. The zero-order valence-electron chi connectivity index (χ0n) is 15.2. The van der Waals surface area contributed by atoms with Crippen LogP contribution in [0.3, 0.4) is 0 Å². The Hall–Kier alpha value is -0.820. The van der Waals surface area contributed by atoms with Crippen LogP contribution in [0.1, 0.15) is 18.4 Å². The van der Waals surface area contributed by atoms with Crippen molar-refractivity contribution in [1.29, 1.82) is 0 Å². The minimum atomic E-state index is 0.249. The maximum atomic E-state index is 9.82. The van der Waals surface area contributed by atoms with E-state index in [0.717, 1.165) is 57.1 Å². The van der Waals surface area contributed by atoms with Crippen LogP contribution in [0.15, 0.2) is 18.3 Å². The smallest absolute Gasteiger partial charge is 0.128 e. The summed E-state index contributed by atoms with van der Waals surface area (Å²) < 4.78 is 0. The fourth-order valence-electron chi connectivity index (χ4n) is 4.08. The maximum Gasteiger partial charge on any atom is 0.128 e. The lowest BCUT2D eigenvalue weighted by molar-refractivity contribution is 0.106. The van der Waals surface area contributed by atoms with Gasteiger partial charge in [-0.05, 0) is 55.7 Å². The summed E-state index contributed by atoms with van der Waals surface area (Å²) in [5.41, 5.74) is 1.26. The van der Waals surface area contributed by atoms with Crippen LogP contribution in [0.2, 0.25) is 0 Å². The molecule has 2 saturated heterocycles. The highest BCUT2D eigenvalue weighted by molar-refractivity contribution is 7.97. The van der Waals surface area contributed by atoms with E-state index in [1.165, 1.54) is 5.56 Å². The van der Waals surface area contributed by atoms with E-state index in [0.29, 0.717) is 24.4 Å². The second-order valence-electron chi connectivity index (χ2n) is 7.49. The predicted octanol–water partition coefficient (Wildman–Crippen LogP) is 1.69. The molecule has 0 aliphatic carbocycles. The van der Waals surface area contributed by atoms with Gasteiger partial charge in [0, 0.05) is 50.7 Å². The normalized spacial score (nSPS) is 25.6. The van der Waals surface area contributed by atoms with E-state index < -0.39 is 0 Å². The quantitative estimate of drug-likeness (QED) is 0.767. The number of hydrogen-bond donors (Lipinski definition) is 2. The Morgan fingerprint density at radius 3 is 2.48 bits per heavy atom. The molecule has 0 radical (unpaired) electrons. The van der Waals surface area contributed by atoms with Crippen LogP contribution in [0.25, 0.3) is 0 Å². The molecule has 0 aromatic carbocycles. The monoisotopic (exact) mass is 365 g/mol. The number of aliphatic hydroxyl groups excluding tert-OH is 2. The highest BCUT2D eigenvalue weighted by atomic mass is 32.2. The molecule has 0 spiro atoms. The molecule has 25 heavy (non-hydrogen) atoms. The summed E-state index contributed by atoms with van der Waals surface area (Å²) in [5, 5.41) is 19.1. The number of rotatable bonds is 7. The first kappa shape index (κ1) is 19.0. The molecule has 2 atom stereocenters. The Bertz CT molecular complexity index is 520. The minimum Gasteiger partial charge on any atom is -0.396 e. The largest absolute Gasteiger partial charge is 0.396 e. The van der Waals surface area contributed by atoms with Gasteiger partial charge in [-0.2, -0.15) is 11.8 Å². The first-order valence-corrected chi connectivity index (χ1v) is 10.8. The molecule has 2 N–H and O–H groups in total. The third kappa shape index (κ3) is 4.88. The number of thioether (sulfide) groups is 1. The summed E-state index contributed by atoms with van der Waals surface area (Å²) in [5.74, 6) is 3.32. The Morgan fingerprint density at radius 1 is 1.12 bits per heavy atom. The first-order valence-electron chi connectivity index (χ1n) is 9.36. The van der Waals surface area contributed by atoms with Gasteiger partial charge in [0.25, 0.3) is 0 Å². The highest BCUT2D eigenvalue weighted by Gasteiger charge is 2.34. The van der Waals surface area contributed by atoms with Crippen molar-refractivity contribution in [3.8, 4) is 0 Å². The molecule has 0 saturated carbocycles. The van der Waals surface area contributed by atoms with Crippen LogP contribution >= 0.6 is 11.8 Å². The molecule has 0 amide bonds. The number of aliphatic hydroxyl groups is 2. The molecule has 5 nitrogen and oxygen atoms in total. The number of anilines is 1. The van der Waals surface area contributed by atoms with Gasteiger partial charge >= 0.3 is 0 Å². The fourth-order valence-corrected chi connectivity index (χ4v) is 4.58. The van der Waals surface area contributed by atoms with Gasteiger partial charge in [0.05, 0.1) is 0 Å². The summed E-state index contributed by atoms with van der Waals surface area (Å²) in [6, 6.07) is 4.29. The standard InChI is InChI=1S/C19H31N3O2S/c1-25-14-16-2-3-19(20-8-16)22-10-17(18(11-22)13-24)9-21-6-4-15(12-23)5-7-21/h2-3,8,15,17-18,23-24H,4-7,9-14H2,1H3/t17-,18-/m0/s1. The molecule has 6 heteroatoms. The maximum absolute atomic E-state index is 9.82. The van der Waals surface area contributed by atoms with E-state index in [9.17, 15) is 10.2 Å². The summed E-state index contributed by atoms with van der Waals surface area (Å²) >= 11 is 1.81. The number of pyridine rings is 1. The van der Waals surface area contributed by atoms with Crippen molar-refractivity contribution < 1.29 is 10.2 Å². The van der Waals surface area contributed by atoms with E-state index in [1.54, 1.807) is 0 Å². The Labute approximate surface area is 155 Å². The molecule has 140 valence electrons. The van der Waals surface area contributed by atoms with Crippen LogP contribution in [0.4, 0.5) is 5.82 Å². The van der Waals surface area contributed by atoms with E-state index in [-0.39, 0.29) is 6.61 Å². The third-order valence-corrected chi connectivity index (χ3v) is 6.34. The fraction of sp³-hybridized carbons (Fsp3) is 0.737. The van der Waals surface area contributed by atoms with Crippen LogP contribution < -0.4 is 4.90 Å². The molecule has 2 fully saturated rings. The molecule has 3 rings (SSSR count). The van der Waals surface area contributed by atoms with Gasteiger partial charge in [-0.1, -0.05) is 6.07 Å². The average molecular weight is 366 g/mol. The van der Waals surface area contributed by atoms with Gasteiger partial charge in [0.1, 0.15) is 5.82 Å². The number of aromatic nitrogens is 1. The summed E-state index contributed by atoms with van der Waals surface area (Å²) in [4.78, 5) is 9.48. The van der Waals surface area contributed by atoms with Crippen molar-refractivity contribution in [2.45, 2.75) is 18.6 Å². The van der Waals surface area contributed by atoms with Crippen molar-refractivity contribution in [2.75, 3.05) is 57.1 Å². The Kier molecular flexibility index (Phi) is 6.99. The zero-order valence-corrected chi connectivity index (χ0v) is 16.0. The van der Waals surface area contributed by atoms with E-state index >= 15 is 0 Å². The van der Waals surface area contributed by atoms with Crippen molar-refractivity contribution in [2.24, 2.45) is 17.8 Å². The second kappa shape index (κ2) is 9.21. The molecule has 0 bridgehead atoms. The first-order chi connectivity index (χ1) is 12.2. The third-order valence-electron chi connectivity index (χ3n) is 5.71. The predicted molar refractivity (Wildman–Crippen MR) is 104 cm³/mol. The lowest BCUT2D eigenvalue weighted by Gasteiger charge is -2.33. The van der Waals surface area contributed by atoms with Gasteiger partial charge in [-0.3, -0.25) is 0 Å². The van der Waals surface area contributed by atoms with Crippen molar-refractivity contribution >= 4 is 17.6 Å². The SMILES string of the molecule is CSCc1ccc(N2C[C@@H](CO)[C@@H](CN3CCC(CO)CC3)C2)nc1. The van der Waals surface area contributed by atoms with Crippen LogP contribution in [0.5, 0.6) is 0 Å². The molecular formula is C19H31N3O2S. The van der Waals surface area contributed by atoms with Crippen LogP contribution in [-0.2, 0) is 5.75 Å². The molecule has 1 aromatic heterocycles. The summed E-state index contributed by atoms with van der Waals surface area (Å²) in [7, 11) is 0. The van der Waals surface area contributed by atoms with Crippen molar-refractivity contribution in [3.05, 3.63) is 23.9 Å². The lowest BCUT2D eigenvalue weighted by Crippen LogP contribution is -2.40. The molecular weight excluding hydrogens is 334 g/mol. The van der Waals surface area contributed by atoms with Crippen molar-refractivity contribution in [3.63, 3.8) is 0 Å². The second-order valence-corrected chi connectivity index (χ2v) is 8.36. The molecule has 2 aliphatic rings. The summed E-state index contributed by atoms with van der Waals surface area (Å²) in [6.07, 6.45) is 6.27. The number of piperidine rings is 1. The zero-order chi connectivity index (χ0) is 17.6.